The van der Waals surface area contributed by atoms with E-state index in [0.717, 1.165) is 9.47 Å². The Kier molecular flexibility index (Phi) is 5.23. The minimum atomic E-state index is -4.53. The van der Waals surface area contributed by atoms with Crippen LogP contribution in [0.2, 0.25) is 0 Å². The lowest BCUT2D eigenvalue weighted by Crippen LogP contribution is -2.53. The Morgan fingerprint density at radius 2 is 2.14 bits per heavy atom. The number of ether oxygens (including phenoxy) is 1. The fraction of sp³-hybridized carbons (Fsp3) is 0.588. The van der Waals surface area contributed by atoms with E-state index in [1.54, 1.807) is 17.2 Å². The molecule has 2 unspecified atom stereocenters. The molecule has 4 rings (SSSR count). The largest absolute Gasteiger partial charge is 0.408 e. The van der Waals surface area contributed by atoms with Gasteiger partial charge in [-0.1, -0.05) is 0 Å². The number of alkyl halides is 3. The predicted octanol–water partition coefficient (Wildman–Crippen LogP) is 2.41. The summed E-state index contributed by atoms with van der Waals surface area (Å²) >= 11 is 1.21. The average Bonchev–Trinajstić information content (AvgIpc) is 3.18. The van der Waals surface area contributed by atoms with E-state index in [9.17, 15) is 22.4 Å². The molecule has 2 aromatic heterocycles. The SMILES string of the molecule is CC1COCCN1c1nc2n(c(=O)c1F)CCC(C(F)(F)F)N2Cc1nccs1. The van der Waals surface area contributed by atoms with Gasteiger partial charge in [0.05, 0.1) is 25.8 Å². The maximum Gasteiger partial charge on any atom is 0.408 e. The van der Waals surface area contributed by atoms with Crippen LogP contribution in [0.1, 0.15) is 18.4 Å². The van der Waals surface area contributed by atoms with Crippen molar-refractivity contribution in [1.82, 2.24) is 14.5 Å². The fourth-order valence-corrected chi connectivity index (χ4v) is 4.32. The molecule has 1 fully saturated rings. The van der Waals surface area contributed by atoms with Crippen molar-refractivity contribution in [2.45, 2.75) is 44.7 Å². The van der Waals surface area contributed by atoms with Crippen LogP contribution in [0, 0.1) is 5.82 Å². The van der Waals surface area contributed by atoms with Gasteiger partial charge in [0.25, 0.3) is 5.56 Å². The Bertz CT molecular complexity index is 933. The van der Waals surface area contributed by atoms with Gasteiger partial charge in [0.1, 0.15) is 11.0 Å². The van der Waals surface area contributed by atoms with Crippen LogP contribution in [0.5, 0.6) is 0 Å². The molecule has 2 aliphatic heterocycles. The van der Waals surface area contributed by atoms with Crippen LogP contribution in [0.3, 0.4) is 0 Å². The van der Waals surface area contributed by atoms with E-state index in [0.29, 0.717) is 24.8 Å². The normalized spacial score (nSPS) is 22.7. The lowest BCUT2D eigenvalue weighted by atomic mass is 10.1. The quantitative estimate of drug-likeness (QED) is 0.693. The summed E-state index contributed by atoms with van der Waals surface area (Å²) in [5.74, 6) is -1.47. The average molecular weight is 433 g/mol. The number of nitrogens with zero attached hydrogens (tertiary/aromatic N) is 5. The topological polar surface area (TPSA) is 63.5 Å². The standard InChI is InChI=1S/C17H19F4N5O2S/c1-10-9-28-6-5-24(10)14-13(18)15(27)25-4-2-11(17(19,20)21)26(16(25)23-14)8-12-22-3-7-29-12/h3,7,10-11H,2,4-6,8-9H2,1H3. The molecule has 0 radical (unpaired) electrons. The maximum atomic E-state index is 14.9. The second-order valence-corrected chi connectivity index (χ2v) is 8.00. The number of anilines is 2. The monoisotopic (exact) mass is 433 g/mol. The molecule has 0 N–H and O–H groups in total. The van der Waals surface area contributed by atoms with Gasteiger partial charge in [-0.2, -0.15) is 22.5 Å². The highest BCUT2D eigenvalue weighted by molar-refractivity contribution is 7.09. The molecule has 1 saturated heterocycles. The summed E-state index contributed by atoms with van der Waals surface area (Å²) in [5, 5.41) is 2.11. The Hall–Kier alpha value is -2.21. The number of morpholine rings is 1. The highest BCUT2D eigenvalue weighted by atomic mass is 32.1. The van der Waals surface area contributed by atoms with Crippen LogP contribution in [0.25, 0.3) is 0 Å². The summed E-state index contributed by atoms with van der Waals surface area (Å²) in [6.45, 7) is 2.28. The maximum absolute atomic E-state index is 14.9. The van der Waals surface area contributed by atoms with E-state index in [1.165, 1.54) is 17.5 Å². The lowest BCUT2D eigenvalue weighted by molar-refractivity contribution is -0.153. The second-order valence-electron chi connectivity index (χ2n) is 7.02. The molecule has 0 aliphatic carbocycles. The lowest BCUT2D eigenvalue weighted by Gasteiger charge is -2.40. The van der Waals surface area contributed by atoms with E-state index in [-0.39, 0.29) is 37.3 Å². The summed E-state index contributed by atoms with van der Waals surface area (Å²) in [6, 6.07) is -2.10. The van der Waals surface area contributed by atoms with Crippen LogP contribution >= 0.6 is 11.3 Å². The molecular formula is C17H19F4N5O2S. The highest BCUT2D eigenvalue weighted by Gasteiger charge is 2.47. The first-order valence-electron chi connectivity index (χ1n) is 9.14. The minimum absolute atomic E-state index is 0.169. The van der Waals surface area contributed by atoms with Gasteiger partial charge in [-0.25, -0.2) is 4.98 Å². The molecule has 2 aromatic rings. The first-order chi connectivity index (χ1) is 13.8. The summed E-state index contributed by atoms with van der Waals surface area (Å²) in [7, 11) is 0. The third-order valence-electron chi connectivity index (χ3n) is 5.14. The smallest absolute Gasteiger partial charge is 0.377 e. The molecule has 29 heavy (non-hydrogen) atoms. The van der Waals surface area contributed by atoms with Crippen LogP contribution in [-0.4, -0.2) is 52.6 Å². The van der Waals surface area contributed by atoms with Gasteiger partial charge in [-0.15, -0.1) is 11.3 Å². The van der Waals surface area contributed by atoms with Gasteiger partial charge in [0, 0.05) is 24.7 Å². The molecule has 0 spiro atoms. The third kappa shape index (κ3) is 3.70. The zero-order valence-electron chi connectivity index (χ0n) is 15.5. The summed E-state index contributed by atoms with van der Waals surface area (Å²) in [6.07, 6.45) is -3.39. The van der Waals surface area contributed by atoms with Gasteiger partial charge in [0.15, 0.2) is 5.82 Å². The fourth-order valence-electron chi connectivity index (χ4n) is 3.71. The zero-order chi connectivity index (χ0) is 20.8. The first-order valence-corrected chi connectivity index (χ1v) is 10.0. The van der Waals surface area contributed by atoms with Crippen molar-refractivity contribution in [2.24, 2.45) is 0 Å². The van der Waals surface area contributed by atoms with Crippen molar-refractivity contribution in [3.05, 3.63) is 32.8 Å². The molecule has 0 aromatic carbocycles. The number of thiazole rings is 1. The van der Waals surface area contributed by atoms with Crippen molar-refractivity contribution in [3.63, 3.8) is 0 Å². The van der Waals surface area contributed by atoms with Gasteiger partial charge in [0.2, 0.25) is 11.8 Å². The van der Waals surface area contributed by atoms with E-state index >= 15 is 0 Å². The predicted molar refractivity (Wildman–Crippen MR) is 98.8 cm³/mol. The Balaban J connectivity index is 1.83. The molecule has 0 bridgehead atoms. The molecule has 0 saturated carbocycles. The number of hydrogen-bond acceptors (Lipinski definition) is 7. The van der Waals surface area contributed by atoms with Crippen molar-refractivity contribution in [2.75, 3.05) is 29.6 Å². The second kappa shape index (κ2) is 7.56. The third-order valence-corrected chi connectivity index (χ3v) is 5.91. The molecule has 2 aliphatic rings. The van der Waals surface area contributed by atoms with Crippen molar-refractivity contribution >= 4 is 23.1 Å². The van der Waals surface area contributed by atoms with Gasteiger partial charge < -0.3 is 14.5 Å². The van der Waals surface area contributed by atoms with Gasteiger partial charge in [-0.3, -0.25) is 9.36 Å². The number of aromatic nitrogens is 3. The Morgan fingerprint density at radius 1 is 1.34 bits per heavy atom. The number of fused-ring (bicyclic) bond motifs is 1. The molecule has 2 atom stereocenters. The minimum Gasteiger partial charge on any atom is -0.377 e. The van der Waals surface area contributed by atoms with E-state index in [4.69, 9.17) is 4.74 Å². The van der Waals surface area contributed by atoms with Crippen LogP contribution in [0.15, 0.2) is 16.4 Å². The van der Waals surface area contributed by atoms with Crippen molar-refractivity contribution in [1.29, 1.82) is 0 Å². The molecular weight excluding hydrogens is 414 g/mol. The first kappa shape index (κ1) is 20.1. The van der Waals surface area contributed by atoms with Crippen molar-refractivity contribution < 1.29 is 22.3 Å². The number of halogens is 4. The summed E-state index contributed by atoms with van der Waals surface area (Å²) in [5.41, 5.74) is -0.964. The number of hydrogen-bond donors (Lipinski definition) is 0. The number of rotatable bonds is 3. The Labute approximate surface area is 167 Å². The van der Waals surface area contributed by atoms with Gasteiger partial charge >= 0.3 is 6.18 Å². The molecule has 158 valence electrons. The molecule has 0 amide bonds. The van der Waals surface area contributed by atoms with E-state index in [1.807, 2.05) is 0 Å². The molecule has 12 heteroatoms. The Morgan fingerprint density at radius 3 is 2.79 bits per heavy atom. The summed E-state index contributed by atoms with van der Waals surface area (Å²) < 4.78 is 62.4. The highest BCUT2D eigenvalue weighted by Crippen LogP contribution is 2.36. The van der Waals surface area contributed by atoms with Gasteiger partial charge in [-0.05, 0) is 13.3 Å². The van der Waals surface area contributed by atoms with E-state index < -0.39 is 23.6 Å². The summed E-state index contributed by atoms with van der Waals surface area (Å²) in [4.78, 5) is 23.5. The van der Waals surface area contributed by atoms with Crippen LogP contribution in [0.4, 0.5) is 29.3 Å². The van der Waals surface area contributed by atoms with Crippen LogP contribution < -0.4 is 15.4 Å². The molecule has 7 nitrogen and oxygen atoms in total. The van der Waals surface area contributed by atoms with Crippen LogP contribution in [-0.2, 0) is 17.8 Å². The zero-order valence-corrected chi connectivity index (χ0v) is 16.3. The van der Waals surface area contributed by atoms with Crippen molar-refractivity contribution in [3.8, 4) is 0 Å². The van der Waals surface area contributed by atoms with E-state index in [2.05, 4.69) is 9.97 Å². The molecule has 4 heterocycles.